The molecule has 3 nitrogen and oxygen atoms in total. The van der Waals surface area contributed by atoms with Crippen molar-refractivity contribution >= 4 is 15.9 Å². The molecule has 3 rings (SSSR count). The lowest BCUT2D eigenvalue weighted by molar-refractivity contribution is 0.134. The first-order valence-corrected chi connectivity index (χ1v) is 8.74. The number of benzene rings is 2. The molecule has 0 spiro atoms. The summed E-state index contributed by atoms with van der Waals surface area (Å²) in [4.78, 5) is 0. The maximum absolute atomic E-state index is 10.4. The van der Waals surface area contributed by atoms with Gasteiger partial charge in [-0.1, -0.05) is 58.4 Å². The van der Waals surface area contributed by atoms with Gasteiger partial charge in [-0.05, 0) is 36.8 Å². The highest BCUT2D eigenvalue weighted by Crippen LogP contribution is 2.24. The van der Waals surface area contributed by atoms with Crippen molar-refractivity contribution in [1.29, 1.82) is 0 Å². The number of rotatable bonds is 6. The fourth-order valence-electron chi connectivity index (χ4n) is 2.55. The number of aliphatic hydroxyl groups excluding tert-OH is 1. The summed E-state index contributed by atoms with van der Waals surface area (Å²) in [5, 5.41) is 13.7. The first-order chi connectivity index (χ1) is 11.6. The predicted octanol–water partition coefficient (Wildman–Crippen LogP) is 4.92. The summed E-state index contributed by atoms with van der Waals surface area (Å²) in [6.07, 6.45) is -0.549. The lowest BCUT2D eigenvalue weighted by Crippen LogP contribution is -2.31. The van der Waals surface area contributed by atoms with Gasteiger partial charge in [0.2, 0.25) is 0 Å². The van der Waals surface area contributed by atoms with Crippen LogP contribution < -0.4 is 5.32 Å². The zero-order chi connectivity index (χ0) is 16.9. The minimum Gasteiger partial charge on any atom is -0.460 e. The summed E-state index contributed by atoms with van der Waals surface area (Å²) in [5.41, 5.74) is 1.95. The van der Waals surface area contributed by atoms with Crippen LogP contribution in [0, 0.1) is 0 Å². The van der Waals surface area contributed by atoms with Crippen molar-refractivity contribution < 1.29 is 9.52 Å². The lowest BCUT2D eigenvalue weighted by Gasteiger charge is -2.20. The molecule has 0 saturated heterocycles. The zero-order valence-electron chi connectivity index (χ0n) is 13.4. The molecule has 2 atom stereocenters. The van der Waals surface area contributed by atoms with E-state index in [0.717, 1.165) is 27.1 Å². The van der Waals surface area contributed by atoms with Crippen molar-refractivity contribution in [3.05, 3.63) is 82.5 Å². The molecule has 0 aliphatic rings. The van der Waals surface area contributed by atoms with Crippen molar-refractivity contribution in [2.75, 3.05) is 0 Å². The summed E-state index contributed by atoms with van der Waals surface area (Å²) in [7, 11) is 0. The van der Waals surface area contributed by atoms with Crippen molar-refractivity contribution in [1.82, 2.24) is 5.32 Å². The van der Waals surface area contributed by atoms with E-state index in [-0.39, 0.29) is 6.04 Å². The largest absolute Gasteiger partial charge is 0.460 e. The van der Waals surface area contributed by atoms with Crippen LogP contribution in [0.3, 0.4) is 0 Å². The van der Waals surface area contributed by atoms with Crippen molar-refractivity contribution in [2.24, 2.45) is 0 Å². The molecule has 1 heterocycles. The molecule has 3 aromatic rings. The Morgan fingerprint density at radius 2 is 1.71 bits per heavy atom. The van der Waals surface area contributed by atoms with E-state index in [1.807, 2.05) is 73.7 Å². The number of halogens is 1. The normalized spacial score (nSPS) is 13.6. The van der Waals surface area contributed by atoms with Gasteiger partial charge < -0.3 is 14.8 Å². The molecular weight excluding hydrogens is 366 g/mol. The minimum absolute atomic E-state index is 0.0753. The summed E-state index contributed by atoms with van der Waals surface area (Å²) < 4.78 is 6.93. The van der Waals surface area contributed by atoms with Crippen LogP contribution in [0.25, 0.3) is 11.3 Å². The van der Waals surface area contributed by atoms with Crippen LogP contribution in [-0.2, 0) is 6.54 Å². The van der Waals surface area contributed by atoms with Gasteiger partial charge in [-0.25, -0.2) is 0 Å². The third-order valence-corrected chi connectivity index (χ3v) is 4.53. The van der Waals surface area contributed by atoms with E-state index in [0.29, 0.717) is 6.54 Å². The average molecular weight is 386 g/mol. The summed E-state index contributed by atoms with van der Waals surface area (Å²) in [6.45, 7) is 2.54. The number of hydrogen-bond donors (Lipinski definition) is 2. The van der Waals surface area contributed by atoms with Gasteiger partial charge in [-0.2, -0.15) is 0 Å². The second-order valence-electron chi connectivity index (χ2n) is 5.80. The van der Waals surface area contributed by atoms with Gasteiger partial charge >= 0.3 is 0 Å². The molecule has 0 saturated carbocycles. The van der Waals surface area contributed by atoms with Crippen molar-refractivity contribution in [3.8, 4) is 11.3 Å². The summed E-state index contributed by atoms with van der Waals surface area (Å²) in [5.74, 6) is 1.69. The molecule has 124 valence electrons. The number of nitrogens with one attached hydrogen (secondary N) is 1. The molecule has 4 heteroatoms. The second-order valence-corrected chi connectivity index (χ2v) is 6.71. The van der Waals surface area contributed by atoms with Gasteiger partial charge in [0.05, 0.1) is 12.6 Å². The van der Waals surface area contributed by atoms with Crippen LogP contribution in [-0.4, -0.2) is 11.1 Å². The van der Waals surface area contributed by atoms with Crippen LogP contribution in [0.2, 0.25) is 0 Å². The Bertz CT molecular complexity index is 768. The van der Waals surface area contributed by atoms with Crippen molar-refractivity contribution in [2.45, 2.75) is 25.6 Å². The van der Waals surface area contributed by atoms with Gasteiger partial charge in [0, 0.05) is 16.1 Å². The Hall–Kier alpha value is -1.88. The fraction of sp³-hybridized carbons (Fsp3) is 0.200. The molecule has 1 aromatic heterocycles. The summed E-state index contributed by atoms with van der Waals surface area (Å²) in [6, 6.07) is 21.6. The number of furan rings is 1. The maximum Gasteiger partial charge on any atom is 0.134 e. The molecule has 0 fully saturated rings. The molecule has 0 amide bonds. The topological polar surface area (TPSA) is 45.4 Å². The Morgan fingerprint density at radius 1 is 1.00 bits per heavy atom. The third-order valence-electron chi connectivity index (χ3n) is 4.00. The van der Waals surface area contributed by atoms with Gasteiger partial charge in [0.25, 0.3) is 0 Å². The van der Waals surface area contributed by atoms with E-state index in [4.69, 9.17) is 4.42 Å². The number of hydrogen-bond acceptors (Lipinski definition) is 3. The second kappa shape index (κ2) is 7.79. The van der Waals surface area contributed by atoms with E-state index in [9.17, 15) is 5.11 Å². The highest BCUT2D eigenvalue weighted by Gasteiger charge is 2.16. The minimum atomic E-state index is -0.549. The first kappa shape index (κ1) is 17.0. The maximum atomic E-state index is 10.4. The Kier molecular flexibility index (Phi) is 5.51. The third kappa shape index (κ3) is 4.15. The predicted molar refractivity (Wildman–Crippen MR) is 99.5 cm³/mol. The van der Waals surface area contributed by atoms with E-state index in [2.05, 4.69) is 21.2 Å². The molecule has 24 heavy (non-hydrogen) atoms. The Morgan fingerprint density at radius 3 is 2.42 bits per heavy atom. The SMILES string of the molecule is C[C@@H](NCc1ccc(-c2ccc(Br)cc2)o1)[C@@H](O)c1ccccc1. The molecular formula is C20H20BrNO2. The summed E-state index contributed by atoms with van der Waals surface area (Å²) >= 11 is 3.43. The highest BCUT2D eigenvalue weighted by molar-refractivity contribution is 9.10. The molecule has 0 radical (unpaired) electrons. The van der Waals surface area contributed by atoms with Gasteiger partial charge in [0.15, 0.2) is 0 Å². The molecule has 2 N–H and O–H groups in total. The Labute approximate surface area is 150 Å². The first-order valence-electron chi connectivity index (χ1n) is 7.94. The van der Waals surface area contributed by atoms with Gasteiger partial charge in [-0.3, -0.25) is 0 Å². The standard InChI is InChI=1S/C20H20BrNO2/c1-14(20(23)16-5-3-2-4-6-16)22-13-18-11-12-19(24-18)15-7-9-17(21)10-8-15/h2-12,14,20,22-23H,13H2,1H3/t14-,20-/m1/s1. The van der Waals surface area contributed by atoms with Crippen LogP contribution >= 0.6 is 15.9 Å². The monoisotopic (exact) mass is 385 g/mol. The highest BCUT2D eigenvalue weighted by atomic mass is 79.9. The van der Waals surface area contributed by atoms with E-state index >= 15 is 0 Å². The molecule has 0 bridgehead atoms. The van der Waals surface area contributed by atoms with Crippen LogP contribution in [0.5, 0.6) is 0 Å². The molecule has 0 unspecified atom stereocenters. The van der Waals surface area contributed by atoms with E-state index in [1.54, 1.807) is 0 Å². The van der Waals surface area contributed by atoms with Crippen LogP contribution in [0.4, 0.5) is 0 Å². The smallest absolute Gasteiger partial charge is 0.134 e. The molecule has 0 aliphatic carbocycles. The van der Waals surface area contributed by atoms with Gasteiger partial charge in [-0.15, -0.1) is 0 Å². The number of aliphatic hydroxyl groups is 1. The van der Waals surface area contributed by atoms with Crippen molar-refractivity contribution in [3.63, 3.8) is 0 Å². The van der Waals surface area contributed by atoms with Crippen LogP contribution in [0.1, 0.15) is 24.4 Å². The zero-order valence-corrected chi connectivity index (χ0v) is 15.0. The van der Waals surface area contributed by atoms with Gasteiger partial charge in [0.1, 0.15) is 11.5 Å². The molecule has 2 aromatic carbocycles. The average Bonchev–Trinajstić information content (AvgIpc) is 3.09. The lowest BCUT2D eigenvalue weighted by atomic mass is 10.0. The van der Waals surface area contributed by atoms with E-state index < -0.39 is 6.10 Å². The fourth-order valence-corrected chi connectivity index (χ4v) is 2.82. The van der Waals surface area contributed by atoms with E-state index in [1.165, 1.54) is 0 Å². The Balaban J connectivity index is 1.60. The molecule has 0 aliphatic heterocycles. The van der Waals surface area contributed by atoms with Crippen LogP contribution in [0.15, 0.2) is 75.6 Å². The quantitative estimate of drug-likeness (QED) is 0.632.